The molecular weight excluding hydrogens is 528 g/mol. The van der Waals surface area contributed by atoms with Gasteiger partial charge in [-0.1, -0.05) is 17.7 Å². The second kappa shape index (κ2) is 10.1. The van der Waals surface area contributed by atoms with Crippen LogP contribution in [0.4, 0.5) is 17.6 Å². The van der Waals surface area contributed by atoms with Crippen LogP contribution in [0, 0.1) is 11.6 Å². The molecule has 36 heavy (non-hydrogen) atoms. The zero-order valence-corrected chi connectivity index (χ0v) is 20.2. The Labute approximate surface area is 211 Å². The lowest BCUT2D eigenvalue weighted by Crippen LogP contribution is -2.43. The van der Waals surface area contributed by atoms with Gasteiger partial charge in [0.05, 0.1) is 23.7 Å². The van der Waals surface area contributed by atoms with E-state index in [1.54, 1.807) is 12.3 Å². The number of carboxylic acid groups (broad SMARTS) is 1. The molecule has 0 amide bonds. The summed E-state index contributed by atoms with van der Waals surface area (Å²) in [7, 11) is 0. The molecule has 3 heterocycles. The summed E-state index contributed by atoms with van der Waals surface area (Å²) in [6, 6.07) is -0.875. The fourth-order valence-electron chi connectivity index (χ4n) is 4.09. The summed E-state index contributed by atoms with van der Waals surface area (Å²) in [6.45, 7) is 0.185. The number of ether oxygens (including phenoxy) is 1. The van der Waals surface area contributed by atoms with Crippen LogP contribution in [0.15, 0.2) is 40.0 Å². The molecule has 2 aliphatic rings. The summed E-state index contributed by atoms with van der Waals surface area (Å²) < 4.78 is 61.6. The molecule has 14 heteroatoms. The van der Waals surface area contributed by atoms with E-state index in [-0.39, 0.29) is 29.3 Å². The van der Waals surface area contributed by atoms with Crippen LogP contribution >= 0.6 is 22.9 Å². The number of halogens is 5. The minimum Gasteiger partial charge on any atom is -0.480 e. The van der Waals surface area contributed by atoms with Gasteiger partial charge in [-0.2, -0.15) is 0 Å². The molecule has 0 unspecified atom stereocenters. The Bertz CT molecular complexity index is 1250. The first kappa shape index (κ1) is 26.0. The maximum Gasteiger partial charge on any atom is 0.338 e. The number of rotatable bonds is 7. The molecule has 2 atom stereocenters. The first-order valence-electron chi connectivity index (χ1n) is 10.6. The lowest BCUT2D eigenvalue weighted by atomic mass is 9.95. The second-order valence-electron chi connectivity index (χ2n) is 8.04. The number of nitrogens with zero attached hydrogens (tertiary/aromatic N) is 3. The third kappa shape index (κ3) is 5.08. The number of likely N-dealkylation sites (tertiary alicyclic amines) is 1. The van der Waals surface area contributed by atoms with Gasteiger partial charge in [-0.15, -0.1) is 11.3 Å². The quantitative estimate of drug-likeness (QED) is 0.309. The minimum atomic E-state index is -3.27. The topological polar surface area (TPSA) is 104 Å². The third-order valence-corrected chi connectivity index (χ3v) is 6.79. The Balaban J connectivity index is 1.87. The van der Waals surface area contributed by atoms with Crippen molar-refractivity contribution in [1.29, 1.82) is 0 Å². The minimum absolute atomic E-state index is 0.00315. The number of benzene rings is 1. The van der Waals surface area contributed by atoms with E-state index in [0.717, 1.165) is 17.0 Å². The van der Waals surface area contributed by atoms with E-state index in [1.807, 2.05) is 0 Å². The molecule has 192 valence electrons. The fourth-order valence-corrected chi connectivity index (χ4v) is 4.94. The number of aliphatic imine (C=N–C) groups is 1. The van der Waals surface area contributed by atoms with E-state index in [2.05, 4.69) is 15.3 Å². The lowest BCUT2D eigenvalue weighted by Gasteiger charge is -2.30. The van der Waals surface area contributed by atoms with Gasteiger partial charge < -0.3 is 15.2 Å². The zero-order chi connectivity index (χ0) is 26.2. The molecule has 0 bridgehead atoms. The van der Waals surface area contributed by atoms with Gasteiger partial charge in [0.25, 0.3) is 5.92 Å². The summed E-state index contributed by atoms with van der Waals surface area (Å²) in [6.07, 6.45) is 0.575. The lowest BCUT2D eigenvalue weighted by molar-refractivity contribution is -0.142. The number of carboxylic acids is 1. The highest BCUT2D eigenvalue weighted by Gasteiger charge is 2.49. The molecule has 0 spiro atoms. The van der Waals surface area contributed by atoms with Crippen molar-refractivity contribution in [3.05, 3.63) is 62.2 Å². The van der Waals surface area contributed by atoms with Crippen molar-refractivity contribution in [2.75, 3.05) is 19.7 Å². The number of nitrogens with one attached hydrogen (secondary N) is 1. The summed E-state index contributed by atoms with van der Waals surface area (Å²) >= 11 is 7.26. The molecule has 2 aliphatic heterocycles. The number of carbonyl (C=O) groups excluding carboxylic acids is 1. The van der Waals surface area contributed by atoms with Crippen molar-refractivity contribution in [3.8, 4) is 0 Å². The monoisotopic (exact) mass is 546 g/mol. The van der Waals surface area contributed by atoms with Crippen molar-refractivity contribution in [3.63, 3.8) is 0 Å². The van der Waals surface area contributed by atoms with E-state index in [0.29, 0.717) is 5.01 Å². The van der Waals surface area contributed by atoms with Crippen LogP contribution in [-0.4, -0.2) is 64.4 Å². The molecule has 1 aromatic carbocycles. The molecule has 2 aromatic rings. The molecule has 1 aromatic heterocycles. The van der Waals surface area contributed by atoms with Crippen LogP contribution in [0.1, 0.15) is 30.0 Å². The Morgan fingerprint density at radius 3 is 2.75 bits per heavy atom. The molecule has 1 saturated heterocycles. The fraction of sp³-hybridized carbons (Fsp3) is 0.364. The van der Waals surface area contributed by atoms with Gasteiger partial charge in [0.2, 0.25) is 0 Å². The molecule has 2 N–H and O–H groups in total. The first-order chi connectivity index (χ1) is 17.0. The van der Waals surface area contributed by atoms with Crippen molar-refractivity contribution in [1.82, 2.24) is 15.2 Å². The molecule has 8 nitrogen and oxygen atoms in total. The standard InChI is InChI=1S/C22H19ClF4N4O4S/c1-2-35-21(34)14-12(8-31-9-22(26,27)7-13(31)20(32)33)29-18(19-28-5-6-36-19)30-17(14)10-3-4-11(24)16(25)15(10)23/h3-6,13,17H,2,7-9H2,1H3,(H,29,30)(H,32,33)/t13-,17-/m0/s1. The van der Waals surface area contributed by atoms with Crippen LogP contribution in [-0.2, 0) is 14.3 Å². The Morgan fingerprint density at radius 1 is 1.36 bits per heavy atom. The smallest absolute Gasteiger partial charge is 0.338 e. The van der Waals surface area contributed by atoms with Crippen molar-refractivity contribution < 1.29 is 37.0 Å². The van der Waals surface area contributed by atoms with Gasteiger partial charge in [0.1, 0.15) is 12.1 Å². The van der Waals surface area contributed by atoms with Crippen LogP contribution in [0.2, 0.25) is 5.02 Å². The largest absolute Gasteiger partial charge is 0.480 e. The molecule has 4 rings (SSSR count). The predicted molar refractivity (Wildman–Crippen MR) is 122 cm³/mol. The normalized spacial score (nSPS) is 21.8. The number of amidine groups is 1. The summed E-state index contributed by atoms with van der Waals surface area (Å²) in [4.78, 5) is 34.4. The van der Waals surface area contributed by atoms with Gasteiger partial charge in [0, 0.05) is 35.8 Å². The van der Waals surface area contributed by atoms with Gasteiger partial charge >= 0.3 is 11.9 Å². The van der Waals surface area contributed by atoms with E-state index in [9.17, 15) is 32.3 Å². The summed E-state index contributed by atoms with van der Waals surface area (Å²) in [5.74, 6) is -8.09. The van der Waals surface area contributed by atoms with Gasteiger partial charge in [0.15, 0.2) is 22.5 Å². The molecule has 0 saturated carbocycles. The number of hydrogen-bond acceptors (Lipinski definition) is 8. The molecule has 0 aliphatic carbocycles. The predicted octanol–water partition coefficient (Wildman–Crippen LogP) is 3.78. The molecule has 0 radical (unpaired) electrons. The molecular formula is C22H19ClF4N4O4S. The number of hydrogen-bond donors (Lipinski definition) is 2. The SMILES string of the molecule is CCOC(=O)C1=C(CN2CC(F)(F)C[C@H]2C(=O)O)NC(c2nccs2)=N[C@H]1c1ccc(F)c(F)c1Cl. The second-order valence-corrected chi connectivity index (χ2v) is 9.31. The number of esters is 1. The average molecular weight is 547 g/mol. The van der Waals surface area contributed by atoms with Crippen LogP contribution in [0.25, 0.3) is 0 Å². The first-order valence-corrected chi connectivity index (χ1v) is 11.9. The Kier molecular flexibility index (Phi) is 7.34. The average Bonchev–Trinajstić information content (AvgIpc) is 3.45. The van der Waals surface area contributed by atoms with E-state index >= 15 is 0 Å². The van der Waals surface area contributed by atoms with Crippen LogP contribution < -0.4 is 5.32 Å². The Hall–Kier alpha value is -3.03. The number of aliphatic carboxylic acids is 1. The van der Waals surface area contributed by atoms with Crippen LogP contribution in [0.5, 0.6) is 0 Å². The van der Waals surface area contributed by atoms with E-state index < -0.39 is 66.1 Å². The summed E-state index contributed by atoms with van der Waals surface area (Å²) in [5, 5.41) is 13.8. The highest BCUT2D eigenvalue weighted by Crippen LogP contribution is 2.39. The number of thiazole rings is 1. The van der Waals surface area contributed by atoms with Crippen molar-refractivity contribution in [2.45, 2.75) is 31.4 Å². The van der Waals surface area contributed by atoms with E-state index in [4.69, 9.17) is 16.3 Å². The summed E-state index contributed by atoms with van der Waals surface area (Å²) in [5.41, 5.74) is -0.277. The zero-order valence-electron chi connectivity index (χ0n) is 18.6. The maximum absolute atomic E-state index is 14.4. The van der Waals surface area contributed by atoms with Crippen molar-refractivity contribution >= 4 is 40.7 Å². The van der Waals surface area contributed by atoms with Crippen LogP contribution in [0.3, 0.4) is 0 Å². The maximum atomic E-state index is 14.4. The Morgan fingerprint density at radius 2 is 2.11 bits per heavy atom. The van der Waals surface area contributed by atoms with Gasteiger partial charge in [-0.3, -0.25) is 14.7 Å². The van der Waals surface area contributed by atoms with E-state index in [1.165, 1.54) is 17.5 Å². The number of alkyl halides is 2. The third-order valence-electron chi connectivity index (χ3n) is 5.63. The number of carbonyl (C=O) groups is 2. The van der Waals surface area contributed by atoms with Crippen molar-refractivity contribution in [2.24, 2.45) is 4.99 Å². The highest BCUT2D eigenvalue weighted by atomic mass is 35.5. The number of aromatic nitrogens is 1. The van der Waals surface area contributed by atoms with Gasteiger partial charge in [-0.05, 0) is 13.0 Å². The molecule has 1 fully saturated rings. The van der Waals surface area contributed by atoms with Gasteiger partial charge in [-0.25, -0.2) is 27.3 Å². The highest BCUT2D eigenvalue weighted by molar-refractivity contribution is 7.11.